The molecule has 8 nitrogen and oxygen atoms in total. The Labute approximate surface area is 177 Å². The molecule has 1 N–H and O–H groups in total. The number of hydrogen-bond acceptors (Lipinski definition) is 6. The topological polar surface area (TPSA) is 100 Å². The van der Waals surface area contributed by atoms with E-state index < -0.39 is 22.2 Å². The Morgan fingerprint density at radius 1 is 1.16 bits per heavy atom. The number of methoxy groups -OCH3 is 1. The predicted molar refractivity (Wildman–Crippen MR) is 106 cm³/mol. The van der Waals surface area contributed by atoms with Crippen LogP contribution in [0, 0.1) is 0 Å². The van der Waals surface area contributed by atoms with E-state index >= 15 is 0 Å². The van der Waals surface area contributed by atoms with Gasteiger partial charge in [0.25, 0.3) is 0 Å². The van der Waals surface area contributed by atoms with Crippen LogP contribution in [-0.4, -0.2) is 68.3 Å². The van der Waals surface area contributed by atoms with Gasteiger partial charge >= 0.3 is 12.1 Å². The number of pyridine rings is 1. The molecule has 1 aromatic heterocycles. The highest BCUT2D eigenvalue weighted by Crippen LogP contribution is 2.26. The van der Waals surface area contributed by atoms with E-state index in [1.54, 1.807) is 37.6 Å². The largest absolute Gasteiger partial charge is 0.490 e. The molecular formula is C19H22F3N3O5S. The summed E-state index contributed by atoms with van der Waals surface area (Å²) in [5, 5.41) is 7.12. The molecule has 0 unspecified atom stereocenters. The number of nitrogens with zero attached hydrogens (tertiary/aromatic N) is 3. The summed E-state index contributed by atoms with van der Waals surface area (Å²) >= 11 is 0. The normalized spacial score (nSPS) is 14.8. The van der Waals surface area contributed by atoms with E-state index in [1.807, 2.05) is 18.2 Å². The first-order chi connectivity index (χ1) is 14.6. The number of halogens is 3. The minimum Gasteiger partial charge on any atom is -0.475 e. The summed E-state index contributed by atoms with van der Waals surface area (Å²) in [5.41, 5.74) is 0.908. The Bertz CT molecular complexity index is 971. The summed E-state index contributed by atoms with van der Waals surface area (Å²) in [6.07, 6.45) is -3.35. The number of benzene rings is 1. The number of carbonyl (C=O) groups is 1. The number of carboxylic acid groups (broad SMARTS) is 1. The van der Waals surface area contributed by atoms with Gasteiger partial charge in [-0.3, -0.25) is 0 Å². The lowest BCUT2D eigenvalue weighted by atomic mass is 10.2. The molecule has 31 heavy (non-hydrogen) atoms. The van der Waals surface area contributed by atoms with Gasteiger partial charge in [0.2, 0.25) is 10.0 Å². The van der Waals surface area contributed by atoms with E-state index in [1.165, 1.54) is 4.31 Å². The minimum atomic E-state index is -5.08. The number of aromatic nitrogens is 1. The Kier molecular flexibility index (Phi) is 8.36. The first-order valence-corrected chi connectivity index (χ1v) is 10.5. The van der Waals surface area contributed by atoms with Crippen LogP contribution in [0.25, 0.3) is 0 Å². The average molecular weight is 461 g/mol. The zero-order valence-corrected chi connectivity index (χ0v) is 17.4. The molecule has 3 rings (SSSR count). The van der Waals surface area contributed by atoms with Crippen LogP contribution in [-0.2, 0) is 26.1 Å². The average Bonchev–Trinajstić information content (AvgIpc) is 2.92. The molecule has 0 radical (unpaired) electrons. The molecule has 1 aliphatic heterocycles. The number of fused-ring (bicyclic) bond motifs is 1. The summed E-state index contributed by atoms with van der Waals surface area (Å²) in [6.45, 7) is 2.57. The third-order valence-corrected chi connectivity index (χ3v) is 6.18. The van der Waals surface area contributed by atoms with Crippen molar-refractivity contribution in [1.82, 2.24) is 9.29 Å². The van der Waals surface area contributed by atoms with Crippen LogP contribution < -0.4 is 4.90 Å². The first kappa shape index (κ1) is 24.6. The minimum absolute atomic E-state index is 0.320. The molecule has 0 saturated heterocycles. The monoisotopic (exact) mass is 461 g/mol. The molecule has 0 spiro atoms. The Hall–Kier alpha value is -2.70. The lowest BCUT2D eigenvalue weighted by Gasteiger charge is -2.23. The number of aliphatic carboxylic acids is 1. The number of sulfonamides is 1. The lowest BCUT2D eigenvalue weighted by molar-refractivity contribution is -0.192. The zero-order chi connectivity index (χ0) is 23.1. The van der Waals surface area contributed by atoms with Crippen molar-refractivity contribution in [2.24, 2.45) is 0 Å². The smallest absolute Gasteiger partial charge is 0.475 e. The molecule has 1 aliphatic rings. The molecule has 1 aromatic carbocycles. The van der Waals surface area contributed by atoms with Crippen molar-refractivity contribution in [3.05, 3.63) is 54.2 Å². The van der Waals surface area contributed by atoms with Crippen LogP contribution in [0.3, 0.4) is 0 Å². The van der Waals surface area contributed by atoms with Gasteiger partial charge in [0.1, 0.15) is 5.82 Å². The molecule has 0 aliphatic carbocycles. The van der Waals surface area contributed by atoms with E-state index in [9.17, 15) is 21.6 Å². The predicted octanol–water partition coefficient (Wildman–Crippen LogP) is 2.37. The van der Waals surface area contributed by atoms with Crippen LogP contribution in [0.5, 0.6) is 0 Å². The lowest BCUT2D eigenvalue weighted by Crippen LogP contribution is -2.36. The number of rotatable bonds is 5. The molecular weight excluding hydrogens is 439 g/mol. The molecule has 0 atom stereocenters. The molecule has 2 aromatic rings. The molecule has 2 heterocycles. The quantitative estimate of drug-likeness (QED) is 0.730. The SMILES string of the molecule is COCCN1CCN(S(=O)(=O)c2ccccc2)Cc2cccnc21.O=C(O)C(F)(F)F. The van der Waals surface area contributed by atoms with Crippen molar-refractivity contribution in [2.45, 2.75) is 17.6 Å². The van der Waals surface area contributed by atoms with Gasteiger partial charge in [-0.2, -0.15) is 17.5 Å². The fourth-order valence-corrected chi connectivity index (χ4v) is 4.24. The Balaban J connectivity index is 0.000000423. The maximum absolute atomic E-state index is 12.9. The molecule has 0 saturated carbocycles. The first-order valence-electron chi connectivity index (χ1n) is 9.10. The highest BCUT2D eigenvalue weighted by molar-refractivity contribution is 7.89. The number of anilines is 1. The van der Waals surface area contributed by atoms with Crippen molar-refractivity contribution < 1.29 is 36.2 Å². The second kappa shape index (κ2) is 10.6. The summed E-state index contributed by atoms with van der Waals surface area (Å²) in [7, 11) is -1.87. The number of hydrogen-bond donors (Lipinski definition) is 1. The molecule has 0 amide bonds. The van der Waals surface area contributed by atoms with Crippen LogP contribution in [0.1, 0.15) is 5.56 Å². The van der Waals surface area contributed by atoms with Gasteiger partial charge in [0.05, 0.1) is 11.5 Å². The van der Waals surface area contributed by atoms with Crippen molar-refractivity contribution in [1.29, 1.82) is 0 Å². The third kappa shape index (κ3) is 6.64. The Morgan fingerprint density at radius 3 is 2.39 bits per heavy atom. The van der Waals surface area contributed by atoms with Crippen LogP contribution in [0.15, 0.2) is 53.6 Å². The fourth-order valence-electron chi connectivity index (χ4n) is 2.81. The second-order valence-electron chi connectivity index (χ2n) is 6.42. The van der Waals surface area contributed by atoms with E-state index in [0.29, 0.717) is 37.7 Å². The highest BCUT2D eigenvalue weighted by atomic mass is 32.2. The highest BCUT2D eigenvalue weighted by Gasteiger charge is 2.38. The van der Waals surface area contributed by atoms with E-state index in [2.05, 4.69) is 9.88 Å². The summed E-state index contributed by atoms with van der Waals surface area (Å²) in [4.78, 5) is 15.8. The number of carboxylic acids is 1. The maximum atomic E-state index is 12.9. The van der Waals surface area contributed by atoms with Crippen molar-refractivity contribution >= 4 is 21.8 Å². The van der Waals surface area contributed by atoms with Gasteiger partial charge in [-0.05, 0) is 18.2 Å². The van der Waals surface area contributed by atoms with Crippen LogP contribution in [0.4, 0.5) is 19.0 Å². The third-order valence-electron chi connectivity index (χ3n) is 4.32. The van der Waals surface area contributed by atoms with Gasteiger partial charge in [-0.25, -0.2) is 18.2 Å². The zero-order valence-electron chi connectivity index (χ0n) is 16.6. The summed E-state index contributed by atoms with van der Waals surface area (Å²) < 4.78 is 64.3. The Morgan fingerprint density at radius 2 is 1.81 bits per heavy atom. The summed E-state index contributed by atoms with van der Waals surface area (Å²) in [6, 6.07) is 12.3. The van der Waals surface area contributed by atoms with Crippen molar-refractivity contribution in [3.8, 4) is 0 Å². The summed E-state index contributed by atoms with van der Waals surface area (Å²) in [5.74, 6) is -1.92. The molecule has 0 bridgehead atoms. The maximum Gasteiger partial charge on any atom is 0.490 e. The van der Waals surface area contributed by atoms with E-state index in [0.717, 1.165) is 11.4 Å². The van der Waals surface area contributed by atoms with E-state index in [4.69, 9.17) is 14.6 Å². The van der Waals surface area contributed by atoms with Gasteiger partial charge in [-0.1, -0.05) is 24.3 Å². The van der Waals surface area contributed by atoms with Crippen LogP contribution >= 0.6 is 0 Å². The van der Waals surface area contributed by atoms with Crippen LogP contribution in [0.2, 0.25) is 0 Å². The molecule has 0 fully saturated rings. The second-order valence-corrected chi connectivity index (χ2v) is 8.36. The number of ether oxygens (including phenoxy) is 1. The van der Waals surface area contributed by atoms with Gasteiger partial charge in [0, 0.05) is 45.0 Å². The van der Waals surface area contributed by atoms with Crippen molar-refractivity contribution in [2.75, 3.05) is 38.3 Å². The van der Waals surface area contributed by atoms with Crippen molar-refractivity contribution in [3.63, 3.8) is 0 Å². The van der Waals surface area contributed by atoms with E-state index in [-0.39, 0.29) is 0 Å². The van der Waals surface area contributed by atoms with Gasteiger partial charge in [0.15, 0.2) is 0 Å². The molecule has 12 heteroatoms. The van der Waals surface area contributed by atoms with Gasteiger partial charge < -0.3 is 14.7 Å². The van der Waals surface area contributed by atoms with Gasteiger partial charge in [-0.15, -0.1) is 0 Å². The standard InChI is InChI=1S/C17H21N3O3S.C2HF3O2/c1-23-13-12-19-10-11-20(14-15-6-5-9-18-17(15)19)24(21,22)16-7-3-2-4-8-16;3-2(4,5)1(6)7/h2-9H,10-14H2,1H3;(H,6,7). The number of alkyl halides is 3. The molecule has 170 valence electrons. The fraction of sp³-hybridized carbons (Fsp3) is 0.368.